The third kappa shape index (κ3) is 9.21. The summed E-state index contributed by atoms with van der Waals surface area (Å²) in [7, 11) is 1.81. The van der Waals surface area contributed by atoms with Gasteiger partial charge >= 0.3 is 0 Å². The van der Waals surface area contributed by atoms with E-state index in [4.69, 9.17) is 9.47 Å². The zero-order chi connectivity index (χ0) is 17.0. The highest BCUT2D eigenvalue weighted by Gasteiger charge is 2.13. The van der Waals surface area contributed by atoms with Gasteiger partial charge in [0.15, 0.2) is 5.96 Å². The number of aliphatic imine (C=N–C) groups is 1. The first-order valence-corrected chi connectivity index (χ1v) is 9.86. The summed E-state index contributed by atoms with van der Waals surface area (Å²) in [5, 5.41) is 11.1. The maximum Gasteiger partial charge on any atom is 0.190 e. The minimum Gasteiger partial charge on any atom is -0.381 e. The summed E-state index contributed by atoms with van der Waals surface area (Å²) in [5.74, 6) is 2.03. The Labute approximate surface area is 173 Å². The molecule has 7 heteroatoms. The minimum atomic E-state index is 0. The molecule has 2 N–H and O–H groups in total. The first-order valence-electron chi connectivity index (χ1n) is 8.91. The van der Waals surface area contributed by atoms with Gasteiger partial charge in [0.2, 0.25) is 0 Å². The van der Waals surface area contributed by atoms with Crippen LogP contribution in [-0.2, 0) is 9.47 Å². The van der Waals surface area contributed by atoms with Crippen molar-refractivity contribution in [3.63, 3.8) is 0 Å². The van der Waals surface area contributed by atoms with E-state index in [1.807, 2.05) is 7.05 Å². The average molecular weight is 481 g/mol. The summed E-state index contributed by atoms with van der Waals surface area (Å²) in [5.41, 5.74) is 1.38. The van der Waals surface area contributed by atoms with E-state index < -0.39 is 0 Å². The van der Waals surface area contributed by atoms with Crippen LogP contribution in [-0.4, -0.2) is 52.5 Å². The standard InChI is InChI=1S/C18H31N3O2S.HI/c1-15(17-6-11-24-14-17)12-21-18(19-2)20-7-3-8-23-13-16-4-9-22-10-5-16;/h6,11,14-16H,3-5,7-10,12-13H2,1-2H3,(H2,19,20,21);1H. The van der Waals surface area contributed by atoms with Crippen molar-refractivity contribution >= 4 is 41.3 Å². The highest BCUT2D eigenvalue weighted by Crippen LogP contribution is 2.17. The number of nitrogens with zero attached hydrogens (tertiary/aromatic N) is 1. The van der Waals surface area contributed by atoms with Crippen LogP contribution < -0.4 is 10.6 Å². The van der Waals surface area contributed by atoms with Crippen LogP contribution in [0.2, 0.25) is 0 Å². The largest absolute Gasteiger partial charge is 0.381 e. The van der Waals surface area contributed by atoms with Crippen molar-refractivity contribution in [2.45, 2.75) is 32.1 Å². The molecule has 5 nitrogen and oxygen atoms in total. The lowest BCUT2D eigenvalue weighted by Crippen LogP contribution is -2.39. The van der Waals surface area contributed by atoms with Crippen molar-refractivity contribution < 1.29 is 9.47 Å². The van der Waals surface area contributed by atoms with E-state index in [9.17, 15) is 0 Å². The third-order valence-electron chi connectivity index (χ3n) is 4.36. The summed E-state index contributed by atoms with van der Waals surface area (Å²) >= 11 is 1.75. The molecule has 0 radical (unpaired) electrons. The molecule has 25 heavy (non-hydrogen) atoms. The van der Waals surface area contributed by atoms with Crippen molar-refractivity contribution in [2.75, 3.05) is 46.6 Å². The first-order chi connectivity index (χ1) is 11.8. The van der Waals surface area contributed by atoms with Gasteiger partial charge in [-0.05, 0) is 53.5 Å². The normalized spacial score (nSPS) is 17.0. The molecule has 144 valence electrons. The molecule has 1 aromatic heterocycles. The molecule has 1 fully saturated rings. The number of hydrogen-bond donors (Lipinski definition) is 2. The van der Waals surface area contributed by atoms with Gasteiger partial charge in [0.1, 0.15) is 0 Å². The summed E-state index contributed by atoms with van der Waals surface area (Å²) in [6, 6.07) is 2.18. The van der Waals surface area contributed by atoms with Gasteiger partial charge in [0.05, 0.1) is 0 Å². The van der Waals surface area contributed by atoms with Crippen LogP contribution in [0.5, 0.6) is 0 Å². The minimum absolute atomic E-state index is 0. The van der Waals surface area contributed by atoms with E-state index >= 15 is 0 Å². The molecule has 2 heterocycles. The highest BCUT2D eigenvalue weighted by atomic mass is 127. The average Bonchev–Trinajstić information content (AvgIpc) is 3.16. The second kappa shape index (κ2) is 13.8. The molecule has 1 aromatic rings. The molecule has 2 rings (SSSR count). The molecule has 0 amide bonds. The van der Waals surface area contributed by atoms with E-state index in [1.165, 1.54) is 5.56 Å². The third-order valence-corrected chi connectivity index (χ3v) is 5.07. The smallest absolute Gasteiger partial charge is 0.190 e. The maximum atomic E-state index is 5.78. The summed E-state index contributed by atoms with van der Waals surface area (Å²) in [6.07, 6.45) is 3.26. The Morgan fingerprint density at radius 1 is 1.40 bits per heavy atom. The number of ether oxygens (including phenoxy) is 2. The second-order valence-electron chi connectivity index (χ2n) is 6.32. The van der Waals surface area contributed by atoms with Gasteiger partial charge in [0.25, 0.3) is 0 Å². The Balaban J connectivity index is 0.00000312. The molecule has 0 aromatic carbocycles. The van der Waals surface area contributed by atoms with Gasteiger partial charge in [-0.25, -0.2) is 0 Å². The summed E-state index contributed by atoms with van der Waals surface area (Å²) < 4.78 is 11.1. The van der Waals surface area contributed by atoms with Crippen LogP contribution in [0.15, 0.2) is 21.8 Å². The summed E-state index contributed by atoms with van der Waals surface area (Å²) in [4.78, 5) is 4.27. The fourth-order valence-electron chi connectivity index (χ4n) is 2.69. The Bertz CT molecular complexity index is 465. The number of hydrogen-bond acceptors (Lipinski definition) is 4. The Morgan fingerprint density at radius 3 is 2.88 bits per heavy atom. The Morgan fingerprint density at radius 2 is 2.20 bits per heavy atom. The zero-order valence-corrected chi connectivity index (χ0v) is 18.5. The molecule has 1 atom stereocenters. The second-order valence-corrected chi connectivity index (χ2v) is 7.10. The zero-order valence-electron chi connectivity index (χ0n) is 15.3. The van der Waals surface area contributed by atoms with Crippen LogP contribution in [0.3, 0.4) is 0 Å². The number of guanidine groups is 1. The van der Waals surface area contributed by atoms with Gasteiger partial charge in [-0.1, -0.05) is 6.92 Å². The Kier molecular flexibility index (Phi) is 12.5. The monoisotopic (exact) mass is 481 g/mol. The maximum absolute atomic E-state index is 5.78. The van der Waals surface area contributed by atoms with Crippen LogP contribution in [0.1, 0.15) is 37.7 Å². The number of nitrogens with one attached hydrogen (secondary N) is 2. The van der Waals surface area contributed by atoms with Crippen LogP contribution >= 0.6 is 35.3 Å². The molecule has 1 aliphatic heterocycles. The summed E-state index contributed by atoms with van der Waals surface area (Å²) in [6.45, 7) is 7.44. The van der Waals surface area contributed by atoms with Crippen molar-refractivity contribution in [1.29, 1.82) is 0 Å². The lowest BCUT2D eigenvalue weighted by Gasteiger charge is -2.21. The van der Waals surface area contributed by atoms with Gasteiger partial charge in [-0.2, -0.15) is 11.3 Å². The van der Waals surface area contributed by atoms with Crippen molar-refractivity contribution in [1.82, 2.24) is 10.6 Å². The highest BCUT2D eigenvalue weighted by molar-refractivity contribution is 14.0. The van der Waals surface area contributed by atoms with Crippen molar-refractivity contribution in [2.24, 2.45) is 10.9 Å². The van der Waals surface area contributed by atoms with Crippen molar-refractivity contribution in [3.8, 4) is 0 Å². The van der Waals surface area contributed by atoms with Crippen molar-refractivity contribution in [3.05, 3.63) is 22.4 Å². The molecule has 1 unspecified atom stereocenters. The fourth-order valence-corrected chi connectivity index (χ4v) is 3.47. The van der Waals surface area contributed by atoms with E-state index in [2.05, 4.69) is 39.4 Å². The van der Waals surface area contributed by atoms with Gasteiger partial charge in [0, 0.05) is 46.6 Å². The number of rotatable bonds is 9. The first kappa shape index (κ1) is 22.7. The lowest BCUT2D eigenvalue weighted by molar-refractivity contribution is 0.0203. The van der Waals surface area contributed by atoms with Gasteiger partial charge in [-0.15, -0.1) is 24.0 Å². The molecule has 0 spiro atoms. The molecule has 0 saturated carbocycles. The predicted octanol–water partition coefficient (Wildman–Crippen LogP) is 3.47. The Hall–Kier alpha value is -0.380. The molecule has 1 aliphatic rings. The predicted molar refractivity (Wildman–Crippen MR) is 116 cm³/mol. The molecular weight excluding hydrogens is 449 g/mol. The molecular formula is C18H32IN3O2S. The number of halogens is 1. The fraction of sp³-hybridized carbons (Fsp3) is 0.722. The number of thiophene rings is 1. The molecule has 0 aliphatic carbocycles. The lowest BCUT2D eigenvalue weighted by atomic mass is 10.0. The quantitative estimate of drug-likeness (QED) is 0.246. The SMILES string of the molecule is CN=C(NCCCOCC1CCOCC1)NCC(C)c1ccsc1.I. The van der Waals surface area contributed by atoms with E-state index in [0.29, 0.717) is 11.8 Å². The van der Waals surface area contributed by atoms with E-state index in [-0.39, 0.29) is 24.0 Å². The van der Waals surface area contributed by atoms with Crippen LogP contribution in [0, 0.1) is 5.92 Å². The van der Waals surface area contributed by atoms with Gasteiger partial charge in [-0.3, -0.25) is 4.99 Å². The molecule has 0 bridgehead atoms. The van der Waals surface area contributed by atoms with Crippen LogP contribution in [0.25, 0.3) is 0 Å². The van der Waals surface area contributed by atoms with E-state index in [0.717, 1.165) is 64.7 Å². The van der Waals surface area contributed by atoms with E-state index in [1.54, 1.807) is 11.3 Å². The van der Waals surface area contributed by atoms with Crippen LogP contribution in [0.4, 0.5) is 0 Å². The molecule has 1 saturated heterocycles. The topological polar surface area (TPSA) is 54.9 Å². The van der Waals surface area contributed by atoms with Gasteiger partial charge < -0.3 is 20.1 Å².